The van der Waals surface area contributed by atoms with Gasteiger partial charge < -0.3 is 10.2 Å². The SMILES string of the molecule is CCCNCc1sc(N(C)c2cc(C)cc(C)c2)nc1C. The fourth-order valence-electron chi connectivity index (χ4n) is 2.35. The van der Waals surface area contributed by atoms with E-state index in [9.17, 15) is 0 Å². The molecule has 1 aromatic carbocycles. The molecule has 114 valence electrons. The van der Waals surface area contributed by atoms with E-state index >= 15 is 0 Å². The lowest BCUT2D eigenvalue weighted by molar-refractivity contribution is 0.678. The van der Waals surface area contributed by atoms with E-state index in [-0.39, 0.29) is 0 Å². The van der Waals surface area contributed by atoms with Gasteiger partial charge in [0.2, 0.25) is 0 Å². The summed E-state index contributed by atoms with van der Waals surface area (Å²) in [7, 11) is 2.09. The second kappa shape index (κ2) is 7.05. The van der Waals surface area contributed by atoms with E-state index in [0.717, 1.165) is 30.3 Å². The molecule has 0 aliphatic heterocycles. The zero-order valence-corrected chi connectivity index (χ0v) is 14.5. The van der Waals surface area contributed by atoms with Crippen molar-refractivity contribution in [1.29, 1.82) is 0 Å². The van der Waals surface area contributed by atoms with Crippen LogP contribution in [0.5, 0.6) is 0 Å². The van der Waals surface area contributed by atoms with Crippen LogP contribution < -0.4 is 10.2 Å². The van der Waals surface area contributed by atoms with Crippen LogP contribution in [0.3, 0.4) is 0 Å². The van der Waals surface area contributed by atoms with Crippen LogP contribution in [0.25, 0.3) is 0 Å². The van der Waals surface area contributed by atoms with Gasteiger partial charge >= 0.3 is 0 Å². The van der Waals surface area contributed by atoms with Crippen LogP contribution in [0.2, 0.25) is 0 Å². The van der Waals surface area contributed by atoms with Crippen molar-refractivity contribution in [3.05, 3.63) is 39.9 Å². The van der Waals surface area contributed by atoms with E-state index in [1.807, 2.05) is 0 Å². The number of benzene rings is 1. The highest BCUT2D eigenvalue weighted by Gasteiger charge is 2.13. The molecule has 0 unspecified atom stereocenters. The Morgan fingerprint density at radius 2 is 1.81 bits per heavy atom. The van der Waals surface area contributed by atoms with Crippen LogP contribution >= 0.6 is 11.3 Å². The molecule has 0 bridgehead atoms. The van der Waals surface area contributed by atoms with Gasteiger partial charge in [-0.15, -0.1) is 0 Å². The van der Waals surface area contributed by atoms with Crippen molar-refractivity contribution in [3.8, 4) is 0 Å². The van der Waals surface area contributed by atoms with Crippen LogP contribution in [0.4, 0.5) is 10.8 Å². The summed E-state index contributed by atoms with van der Waals surface area (Å²) in [4.78, 5) is 8.24. The van der Waals surface area contributed by atoms with E-state index in [0.29, 0.717) is 0 Å². The van der Waals surface area contributed by atoms with Crippen LogP contribution in [-0.4, -0.2) is 18.6 Å². The number of thiazole rings is 1. The van der Waals surface area contributed by atoms with E-state index in [4.69, 9.17) is 4.98 Å². The molecule has 2 aromatic rings. The fourth-order valence-corrected chi connectivity index (χ4v) is 3.37. The summed E-state index contributed by atoms with van der Waals surface area (Å²) in [6, 6.07) is 6.61. The van der Waals surface area contributed by atoms with Gasteiger partial charge in [0, 0.05) is 24.2 Å². The van der Waals surface area contributed by atoms with Gasteiger partial charge in [0.15, 0.2) is 5.13 Å². The number of anilines is 2. The predicted molar refractivity (Wildman–Crippen MR) is 92.8 cm³/mol. The molecular weight excluding hydrogens is 278 g/mol. The zero-order valence-electron chi connectivity index (χ0n) is 13.7. The van der Waals surface area contributed by atoms with E-state index in [1.165, 1.54) is 21.7 Å². The van der Waals surface area contributed by atoms with Gasteiger partial charge in [-0.2, -0.15) is 0 Å². The Morgan fingerprint density at radius 1 is 1.14 bits per heavy atom. The lowest BCUT2D eigenvalue weighted by Crippen LogP contribution is -2.13. The van der Waals surface area contributed by atoms with Crippen molar-refractivity contribution in [2.24, 2.45) is 0 Å². The maximum absolute atomic E-state index is 4.73. The molecule has 21 heavy (non-hydrogen) atoms. The first kappa shape index (κ1) is 16.0. The molecule has 3 nitrogen and oxygen atoms in total. The number of rotatable bonds is 6. The normalized spacial score (nSPS) is 10.9. The van der Waals surface area contributed by atoms with Crippen LogP contribution in [-0.2, 0) is 6.54 Å². The molecule has 4 heteroatoms. The number of aromatic nitrogens is 1. The molecule has 0 aliphatic carbocycles. The molecule has 0 radical (unpaired) electrons. The molecule has 0 aliphatic rings. The standard InChI is InChI=1S/C17H25N3S/c1-6-7-18-11-16-14(4)19-17(21-16)20(5)15-9-12(2)8-13(3)10-15/h8-10,18H,6-7,11H2,1-5H3. The van der Waals surface area contributed by atoms with Crippen molar-refractivity contribution in [3.63, 3.8) is 0 Å². The molecule has 0 atom stereocenters. The summed E-state index contributed by atoms with van der Waals surface area (Å²) in [5, 5.41) is 4.52. The van der Waals surface area contributed by atoms with Gasteiger partial charge in [-0.1, -0.05) is 24.3 Å². The minimum atomic E-state index is 0.915. The second-order valence-corrected chi connectivity index (χ2v) is 6.65. The molecule has 0 saturated heterocycles. The molecular formula is C17H25N3S. The summed E-state index contributed by atoms with van der Waals surface area (Å²) in [5.74, 6) is 0. The van der Waals surface area contributed by atoms with Gasteiger partial charge in [0.05, 0.1) is 5.69 Å². The second-order valence-electron chi connectivity index (χ2n) is 5.59. The van der Waals surface area contributed by atoms with Crippen molar-refractivity contribution < 1.29 is 0 Å². The zero-order chi connectivity index (χ0) is 15.4. The third-order valence-electron chi connectivity index (χ3n) is 3.47. The molecule has 2 rings (SSSR count). The van der Waals surface area contributed by atoms with E-state index in [2.05, 4.69) is 63.2 Å². The molecule has 1 aromatic heterocycles. The van der Waals surface area contributed by atoms with Crippen molar-refractivity contribution >= 4 is 22.2 Å². The molecule has 0 saturated carbocycles. The highest BCUT2D eigenvalue weighted by atomic mass is 32.1. The van der Waals surface area contributed by atoms with E-state index < -0.39 is 0 Å². The molecule has 0 fully saturated rings. The lowest BCUT2D eigenvalue weighted by atomic mass is 10.1. The maximum atomic E-state index is 4.73. The number of nitrogens with one attached hydrogen (secondary N) is 1. The third kappa shape index (κ3) is 4.05. The number of nitrogens with zero attached hydrogens (tertiary/aromatic N) is 2. The highest BCUT2D eigenvalue weighted by Crippen LogP contribution is 2.31. The summed E-state index contributed by atoms with van der Waals surface area (Å²) in [6.07, 6.45) is 1.16. The summed E-state index contributed by atoms with van der Waals surface area (Å²) in [5.41, 5.74) is 4.91. The van der Waals surface area contributed by atoms with Gasteiger partial charge in [-0.25, -0.2) is 4.98 Å². The number of hydrogen-bond acceptors (Lipinski definition) is 4. The van der Waals surface area contributed by atoms with Gasteiger partial charge in [0.1, 0.15) is 0 Å². The first-order chi connectivity index (χ1) is 10.0. The Kier molecular flexibility index (Phi) is 5.37. The Labute approximate surface area is 132 Å². The maximum Gasteiger partial charge on any atom is 0.190 e. The molecule has 0 amide bonds. The Morgan fingerprint density at radius 3 is 2.43 bits per heavy atom. The minimum Gasteiger partial charge on any atom is -0.321 e. The smallest absolute Gasteiger partial charge is 0.190 e. The average Bonchev–Trinajstić information content (AvgIpc) is 2.79. The average molecular weight is 303 g/mol. The largest absolute Gasteiger partial charge is 0.321 e. The first-order valence-corrected chi connectivity index (χ1v) is 8.32. The van der Waals surface area contributed by atoms with Crippen molar-refractivity contribution in [2.45, 2.75) is 40.7 Å². The van der Waals surface area contributed by atoms with Gasteiger partial charge in [-0.05, 0) is 57.0 Å². The van der Waals surface area contributed by atoms with E-state index in [1.54, 1.807) is 11.3 Å². The fraction of sp³-hybridized carbons (Fsp3) is 0.471. The third-order valence-corrected chi connectivity index (χ3v) is 4.71. The van der Waals surface area contributed by atoms with Crippen LogP contribution in [0, 0.1) is 20.8 Å². The quantitative estimate of drug-likeness (QED) is 0.805. The van der Waals surface area contributed by atoms with Crippen LogP contribution in [0.1, 0.15) is 35.0 Å². The van der Waals surface area contributed by atoms with Crippen LogP contribution in [0.15, 0.2) is 18.2 Å². The first-order valence-electron chi connectivity index (χ1n) is 7.50. The van der Waals surface area contributed by atoms with Crippen molar-refractivity contribution in [1.82, 2.24) is 10.3 Å². The Bertz CT molecular complexity index is 584. The molecule has 1 heterocycles. The number of aryl methyl sites for hydroxylation is 3. The summed E-state index contributed by atoms with van der Waals surface area (Å²) < 4.78 is 0. The monoisotopic (exact) mass is 303 g/mol. The van der Waals surface area contributed by atoms with Gasteiger partial charge in [0.25, 0.3) is 0 Å². The topological polar surface area (TPSA) is 28.2 Å². The van der Waals surface area contributed by atoms with Gasteiger partial charge in [-0.3, -0.25) is 0 Å². The van der Waals surface area contributed by atoms with Crippen molar-refractivity contribution in [2.75, 3.05) is 18.5 Å². The minimum absolute atomic E-state index is 0.915. The lowest BCUT2D eigenvalue weighted by Gasteiger charge is -2.17. The Balaban J connectivity index is 2.19. The predicted octanol–water partition coefficient (Wildman–Crippen LogP) is 4.34. The molecule has 1 N–H and O–H groups in total. The number of hydrogen-bond donors (Lipinski definition) is 1. The molecule has 0 spiro atoms. The highest BCUT2D eigenvalue weighted by molar-refractivity contribution is 7.15. The summed E-state index contributed by atoms with van der Waals surface area (Å²) >= 11 is 1.78. The summed E-state index contributed by atoms with van der Waals surface area (Å²) in [6.45, 7) is 10.5. The Hall–Kier alpha value is -1.39.